The molecule has 1 amide bonds. The van der Waals surface area contributed by atoms with Crippen molar-refractivity contribution in [3.05, 3.63) is 24.4 Å². The Morgan fingerprint density at radius 2 is 2.64 bits per heavy atom. The van der Waals surface area contributed by atoms with Gasteiger partial charge in [-0.2, -0.15) is 0 Å². The smallest absolute Gasteiger partial charge is 0.412 e. The first kappa shape index (κ1) is 7.53. The molecule has 0 unspecified atom stereocenters. The first-order chi connectivity index (χ1) is 5.33. The van der Waals surface area contributed by atoms with Gasteiger partial charge in [0, 0.05) is 12.3 Å². The SMILES string of the molecule is COC(=O)Nc1[c]cccn1. The predicted octanol–water partition coefficient (Wildman–Crippen LogP) is 1.06. The Morgan fingerprint density at radius 3 is 3.18 bits per heavy atom. The van der Waals surface area contributed by atoms with E-state index in [0.29, 0.717) is 5.82 Å². The number of aromatic nitrogens is 1. The molecule has 4 nitrogen and oxygen atoms in total. The van der Waals surface area contributed by atoms with Crippen molar-refractivity contribution in [1.29, 1.82) is 0 Å². The zero-order valence-corrected chi connectivity index (χ0v) is 6.00. The largest absolute Gasteiger partial charge is 0.453 e. The lowest BCUT2D eigenvalue weighted by atomic mass is 10.5. The zero-order valence-electron chi connectivity index (χ0n) is 6.00. The van der Waals surface area contributed by atoms with Crippen molar-refractivity contribution in [3.63, 3.8) is 0 Å². The van der Waals surface area contributed by atoms with E-state index in [4.69, 9.17) is 0 Å². The maximum atomic E-state index is 10.6. The molecule has 0 fully saturated rings. The summed E-state index contributed by atoms with van der Waals surface area (Å²) in [5.41, 5.74) is 0. The number of hydrogen-bond donors (Lipinski definition) is 1. The molecule has 0 bridgehead atoms. The van der Waals surface area contributed by atoms with Crippen molar-refractivity contribution in [2.75, 3.05) is 12.4 Å². The number of nitrogens with zero attached hydrogens (tertiary/aromatic N) is 1. The van der Waals surface area contributed by atoms with Crippen LogP contribution >= 0.6 is 0 Å². The van der Waals surface area contributed by atoms with E-state index < -0.39 is 6.09 Å². The molecule has 1 rings (SSSR count). The van der Waals surface area contributed by atoms with Crippen molar-refractivity contribution in [2.45, 2.75) is 0 Å². The van der Waals surface area contributed by atoms with Gasteiger partial charge in [0.25, 0.3) is 0 Å². The van der Waals surface area contributed by atoms with Gasteiger partial charge in [0.05, 0.1) is 7.11 Å². The lowest BCUT2D eigenvalue weighted by molar-refractivity contribution is 0.187. The van der Waals surface area contributed by atoms with Gasteiger partial charge in [-0.05, 0) is 12.1 Å². The molecule has 0 saturated heterocycles. The number of pyridine rings is 1. The molecule has 0 atom stereocenters. The molecule has 11 heavy (non-hydrogen) atoms. The predicted molar refractivity (Wildman–Crippen MR) is 39.1 cm³/mol. The van der Waals surface area contributed by atoms with Gasteiger partial charge in [-0.15, -0.1) is 0 Å². The maximum Gasteiger partial charge on any atom is 0.412 e. The van der Waals surface area contributed by atoms with E-state index in [9.17, 15) is 4.79 Å². The lowest BCUT2D eigenvalue weighted by Crippen LogP contribution is -2.11. The van der Waals surface area contributed by atoms with Gasteiger partial charge >= 0.3 is 6.09 Å². The van der Waals surface area contributed by atoms with E-state index in [1.807, 2.05) is 0 Å². The van der Waals surface area contributed by atoms with Gasteiger partial charge in [-0.3, -0.25) is 5.32 Å². The van der Waals surface area contributed by atoms with E-state index in [-0.39, 0.29) is 0 Å². The van der Waals surface area contributed by atoms with Crippen LogP contribution in [0.3, 0.4) is 0 Å². The van der Waals surface area contributed by atoms with Crippen LogP contribution in [-0.4, -0.2) is 18.2 Å². The fourth-order valence-electron chi connectivity index (χ4n) is 0.541. The summed E-state index contributed by atoms with van der Waals surface area (Å²) >= 11 is 0. The molecule has 4 heteroatoms. The highest BCUT2D eigenvalue weighted by Gasteiger charge is 1.98. The number of rotatable bonds is 1. The quantitative estimate of drug-likeness (QED) is 0.652. The van der Waals surface area contributed by atoms with Crippen LogP contribution in [0.15, 0.2) is 18.3 Å². The molecule has 0 aromatic carbocycles. The summed E-state index contributed by atoms with van der Waals surface area (Å²) in [5, 5.41) is 2.36. The highest BCUT2D eigenvalue weighted by molar-refractivity contribution is 5.82. The molecule has 57 valence electrons. The number of carbonyl (C=O) groups excluding carboxylic acids is 1. The summed E-state index contributed by atoms with van der Waals surface area (Å²) in [5.74, 6) is 0.361. The van der Waals surface area contributed by atoms with Crippen LogP contribution in [0.4, 0.5) is 10.6 Å². The third-order valence-electron chi connectivity index (χ3n) is 1.01. The molecular formula is C7H7N2O2. The lowest BCUT2D eigenvalue weighted by Gasteiger charge is -1.99. The molecule has 0 aliphatic rings. The average molecular weight is 151 g/mol. The van der Waals surface area contributed by atoms with Gasteiger partial charge in [-0.1, -0.05) is 0 Å². The van der Waals surface area contributed by atoms with Gasteiger partial charge < -0.3 is 4.74 Å². The van der Waals surface area contributed by atoms with Crippen molar-refractivity contribution in [2.24, 2.45) is 0 Å². The van der Waals surface area contributed by atoms with Crippen molar-refractivity contribution < 1.29 is 9.53 Å². The fraction of sp³-hybridized carbons (Fsp3) is 0.143. The summed E-state index contributed by atoms with van der Waals surface area (Å²) < 4.78 is 4.34. The summed E-state index contributed by atoms with van der Waals surface area (Å²) in [6.07, 6.45) is 1.02. The Balaban J connectivity index is 2.58. The van der Waals surface area contributed by atoms with Gasteiger partial charge in [0.2, 0.25) is 0 Å². The number of hydrogen-bond acceptors (Lipinski definition) is 3. The molecular weight excluding hydrogens is 144 g/mol. The highest BCUT2D eigenvalue weighted by atomic mass is 16.5. The summed E-state index contributed by atoms with van der Waals surface area (Å²) in [4.78, 5) is 14.4. The zero-order chi connectivity index (χ0) is 8.10. The Labute approximate surface area is 64.2 Å². The molecule has 0 aliphatic carbocycles. The third-order valence-corrected chi connectivity index (χ3v) is 1.01. The number of carbonyl (C=O) groups is 1. The Hall–Kier alpha value is -1.58. The van der Waals surface area contributed by atoms with Crippen LogP contribution in [0.5, 0.6) is 0 Å². The second-order valence-corrected chi connectivity index (χ2v) is 1.75. The average Bonchev–Trinajstić information content (AvgIpc) is 2.06. The molecule has 1 radical (unpaired) electrons. The van der Waals surface area contributed by atoms with Crippen LogP contribution < -0.4 is 5.32 Å². The van der Waals surface area contributed by atoms with Crippen LogP contribution in [0.25, 0.3) is 0 Å². The van der Waals surface area contributed by atoms with Crippen molar-refractivity contribution in [3.8, 4) is 0 Å². The standard InChI is InChI=1S/C7H7N2O2/c1-11-7(10)9-6-4-2-3-5-8-6/h2-3,5H,1H3,(H,8,9,10). The molecule has 1 heterocycles. The number of anilines is 1. The second kappa shape index (κ2) is 3.55. The first-order valence-electron chi connectivity index (χ1n) is 3.00. The van der Waals surface area contributed by atoms with E-state index >= 15 is 0 Å². The second-order valence-electron chi connectivity index (χ2n) is 1.75. The summed E-state index contributed by atoms with van der Waals surface area (Å²) in [6.45, 7) is 0. The van der Waals surface area contributed by atoms with Crippen molar-refractivity contribution >= 4 is 11.9 Å². The highest BCUT2D eigenvalue weighted by Crippen LogP contribution is 1.98. The monoisotopic (exact) mass is 151 g/mol. The van der Waals surface area contributed by atoms with Crippen LogP contribution in [0.1, 0.15) is 0 Å². The van der Waals surface area contributed by atoms with Gasteiger partial charge in [0.15, 0.2) is 0 Å². The summed E-state index contributed by atoms with van der Waals surface area (Å²) in [6, 6.07) is 6.07. The minimum Gasteiger partial charge on any atom is -0.453 e. The third kappa shape index (κ3) is 2.25. The normalized spacial score (nSPS) is 8.82. The van der Waals surface area contributed by atoms with E-state index in [1.165, 1.54) is 7.11 Å². The minimum absolute atomic E-state index is 0.361. The van der Waals surface area contributed by atoms with Gasteiger partial charge in [0.1, 0.15) is 5.82 Å². The van der Waals surface area contributed by atoms with Crippen LogP contribution in [0, 0.1) is 6.07 Å². The Morgan fingerprint density at radius 1 is 1.82 bits per heavy atom. The van der Waals surface area contributed by atoms with Gasteiger partial charge in [-0.25, -0.2) is 9.78 Å². The van der Waals surface area contributed by atoms with E-state index in [0.717, 1.165) is 0 Å². The summed E-state index contributed by atoms with van der Waals surface area (Å²) in [7, 11) is 1.29. The maximum absolute atomic E-state index is 10.6. The van der Waals surface area contributed by atoms with Crippen LogP contribution in [0.2, 0.25) is 0 Å². The Kier molecular flexibility index (Phi) is 2.43. The number of amides is 1. The number of ether oxygens (including phenoxy) is 1. The molecule has 0 spiro atoms. The number of methoxy groups -OCH3 is 1. The first-order valence-corrected chi connectivity index (χ1v) is 3.00. The Bertz CT molecular complexity index is 235. The molecule has 1 aromatic rings. The van der Waals surface area contributed by atoms with Crippen LogP contribution in [-0.2, 0) is 4.74 Å². The molecule has 1 N–H and O–H groups in total. The minimum atomic E-state index is -0.542. The topological polar surface area (TPSA) is 51.2 Å². The molecule has 1 aromatic heterocycles. The number of nitrogens with one attached hydrogen (secondary N) is 1. The molecule has 0 aliphatic heterocycles. The van der Waals surface area contributed by atoms with E-state index in [2.05, 4.69) is 21.1 Å². The molecule has 0 saturated carbocycles. The fourth-order valence-corrected chi connectivity index (χ4v) is 0.541. The van der Waals surface area contributed by atoms with E-state index in [1.54, 1.807) is 18.3 Å². The van der Waals surface area contributed by atoms with Crippen molar-refractivity contribution in [1.82, 2.24) is 4.98 Å².